The van der Waals surface area contributed by atoms with Crippen LogP contribution in [0.25, 0.3) is 28.2 Å². The van der Waals surface area contributed by atoms with Crippen LogP contribution in [0, 0.1) is 5.82 Å². The number of imidazole rings is 1. The van der Waals surface area contributed by atoms with Gasteiger partial charge in [0.15, 0.2) is 11.5 Å². The van der Waals surface area contributed by atoms with Crippen LogP contribution in [0.3, 0.4) is 0 Å². The molecule has 0 radical (unpaired) electrons. The number of hydrogen-bond donors (Lipinski definition) is 2. The van der Waals surface area contributed by atoms with Gasteiger partial charge in [-0.05, 0) is 48.9 Å². The molecule has 0 atom stereocenters. The van der Waals surface area contributed by atoms with Crippen molar-refractivity contribution in [3.05, 3.63) is 66.2 Å². The second kappa shape index (κ2) is 6.61. The van der Waals surface area contributed by atoms with Gasteiger partial charge in [-0.1, -0.05) is 6.07 Å². The molecule has 2 aliphatic rings. The van der Waals surface area contributed by atoms with Gasteiger partial charge in [-0.15, -0.1) is 0 Å². The molecule has 160 valence electrons. The first kappa shape index (κ1) is 18.9. The van der Waals surface area contributed by atoms with Crippen molar-refractivity contribution in [2.24, 2.45) is 0 Å². The van der Waals surface area contributed by atoms with Gasteiger partial charge in [0.2, 0.25) is 5.91 Å². The number of benzene rings is 2. The number of aliphatic hydroxyl groups is 1. The molecule has 2 aromatic heterocycles. The zero-order chi connectivity index (χ0) is 22.0. The smallest absolute Gasteiger partial charge is 0.228 e. The number of nitrogens with zero attached hydrogens (tertiary/aromatic N) is 4. The van der Waals surface area contributed by atoms with Gasteiger partial charge in [0.25, 0.3) is 0 Å². The second-order valence-corrected chi connectivity index (χ2v) is 8.71. The Balaban J connectivity index is 1.57. The third kappa shape index (κ3) is 2.95. The molecule has 0 spiro atoms. The third-order valence-electron chi connectivity index (χ3n) is 6.01. The number of rotatable bonds is 3. The molecule has 1 saturated heterocycles. The van der Waals surface area contributed by atoms with Crippen molar-refractivity contribution in [2.75, 3.05) is 23.3 Å². The molecule has 0 bridgehead atoms. The minimum atomic E-state index is -0.747. The van der Waals surface area contributed by atoms with E-state index in [-0.39, 0.29) is 11.7 Å². The Morgan fingerprint density at radius 3 is 2.62 bits per heavy atom. The molecule has 7 nitrogen and oxygen atoms in total. The average Bonchev–Trinajstić information content (AvgIpc) is 3.31. The van der Waals surface area contributed by atoms with Crippen LogP contribution in [0.15, 0.2) is 54.9 Å². The Labute approximate surface area is 183 Å². The van der Waals surface area contributed by atoms with Crippen molar-refractivity contribution in [3.63, 3.8) is 0 Å². The van der Waals surface area contributed by atoms with E-state index < -0.39 is 5.60 Å². The highest BCUT2D eigenvalue weighted by molar-refractivity contribution is 6.00. The van der Waals surface area contributed by atoms with Crippen molar-refractivity contribution < 1.29 is 14.3 Å². The molecule has 1 fully saturated rings. The molecule has 32 heavy (non-hydrogen) atoms. The lowest BCUT2D eigenvalue weighted by molar-refractivity contribution is -0.115. The molecule has 0 unspecified atom stereocenters. The van der Waals surface area contributed by atoms with Crippen LogP contribution < -0.4 is 10.2 Å². The van der Waals surface area contributed by atoms with Crippen molar-refractivity contribution in [1.82, 2.24) is 14.4 Å². The van der Waals surface area contributed by atoms with Gasteiger partial charge < -0.3 is 15.3 Å². The lowest BCUT2D eigenvalue weighted by atomic mass is 9.97. The molecular formula is C24H20FN5O2. The van der Waals surface area contributed by atoms with E-state index in [0.29, 0.717) is 36.7 Å². The summed E-state index contributed by atoms with van der Waals surface area (Å²) in [5.41, 5.74) is 4.88. The number of carbonyl (C=O) groups excluding carboxylic acids is 1. The molecule has 2 N–H and O–H groups in total. The SMILES string of the molecule is CC1(O)CN(c2nccn3c(-c4ccc5c(c4)CC(=O)N5)c(-c4ccc(F)cc4)nc23)C1. The standard InChI is InChI=1S/C24H20FN5O2/c1-24(32)12-29(13-24)22-23-28-20(14-2-5-17(25)6-3-14)21(30(23)9-8-26-22)15-4-7-18-16(10-15)11-19(31)27-18/h2-10,32H,11-13H2,1H3,(H,27,31). The van der Waals surface area contributed by atoms with Gasteiger partial charge in [-0.2, -0.15) is 0 Å². The lowest BCUT2D eigenvalue weighted by Crippen LogP contribution is -2.60. The molecule has 0 saturated carbocycles. The quantitative estimate of drug-likeness (QED) is 0.522. The molecule has 2 aromatic carbocycles. The number of hydrogen-bond acceptors (Lipinski definition) is 5. The van der Waals surface area contributed by atoms with E-state index in [1.54, 1.807) is 25.3 Å². The molecule has 8 heteroatoms. The molecule has 0 aliphatic carbocycles. The fourth-order valence-corrected chi connectivity index (χ4v) is 4.57. The number of anilines is 2. The summed E-state index contributed by atoms with van der Waals surface area (Å²) in [6, 6.07) is 12.1. The van der Waals surface area contributed by atoms with Crippen LogP contribution >= 0.6 is 0 Å². The summed E-state index contributed by atoms with van der Waals surface area (Å²) in [5.74, 6) is 0.350. The Morgan fingerprint density at radius 2 is 1.88 bits per heavy atom. The van der Waals surface area contributed by atoms with Gasteiger partial charge in [0.05, 0.1) is 23.4 Å². The van der Waals surface area contributed by atoms with Gasteiger partial charge in [0, 0.05) is 42.3 Å². The maximum atomic E-state index is 13.6. The van der Waals surface area contributed by atoms with E-state index in [9.17, 15) is 14.3 Å². The number of nitrogens with one attached hydrogen (secondary N) is 1. The summed E-state index contributed by atoms with van der Waals surface area (Å²) < 4.78 is 15.6. The predicted molar refractivity (Wildman–Crippen MR) is 119 cm³/mol. The van der Waals surface area contributed by atoms with E-state index >= 15 is 0 Å². The maximum Gasteiger partial charge on any atom is 0.228 e. The number of amides is 1. The number of fused-ring (bicyclic) bond motifs is 2. The van der Waals surface area contributed by atoms with E-state index in [0.717, 1.165) is 28.1 Å². The third-order valence-corrected chi connectivity index (χ3v) is 6.01. The molecule has 6 rings (SSSR count). The lowest BCUT2D eigenvalue weighted by Gasteiger charge is -2.44. The Kier molecular flexibility index (Phi) is 3.91. The van der Waals surface area contributed by atoms with Crippen molar-refractivity contribution in [2.45, 2.75) is 18.9 Å². The summed E-state index contributed by atoms with van der Waals surface area (Å²) in [4.78, 5) is 23.3. The van der Waals surface area contributed by atoms with Crippen LogP contribution in [-0.4, -0.2) is 44.1 Å². The Bertz CT molecular complexity index is 1390. The Morgan fingerprint density at radius 1 is 1.12 bits per heavy atom. The van der Waals surface area contributed by atoms with Gasteiger partial charge in [-0.25, -0.2) is 14.4 Å². The largest absolute Gasteiger partial charge is 0.386 e. The number of halogens is 1. The van der Waals surface area contributed by atoms with E-state index in [2.05, 4.69) is 10.3 Å². The van der Waals surface area contributed by atoms with Crippen molar-refractivity contribution >= 4 is 23.1 Å². The zero-order valence-electron chi connectivity index (χ0n) is 17.3. The highest BCUT2D eigenvalue weighted by atomic mass is 19.1. The monoisotopic (exact) mass is 429 g/mol. The fraction of sp³-hybridized carbons (Fsp3) is 0.208. The van der Waals surface area contributed by atoms with Crippen LogP contribution in [-0.2, 0) is 11.2 Å². The first-order valence-corrected chi connectivity index (χ1v) is 10.4. The number of β-amino-alcohol motifs (C(OH)–C–C–N with tert-alkyl or cyclic N) is 1. The fourth-order valence-electron chi connectivity index (χ4n) is 4.57. The average molecular weight is 429 g/mol. The van der Waals surface area contributed by atoms with Crippen LogP contribution in [0.2, 0.25) is 0 Å². The summed E-state index contributed by atoms with van der Waals surface area (Å²) in [6.07, 6.45) is 3.90. The number of aromatic nitrogens is 3. The molecule has 1 amide bonds. The normalized spacial score (nSPS) is 16.7. The summed E-state index contributed by atoms with van der Waals surface area (Å²) in [6.45, 7) is 2.74. The minimum absolute atomic E-state index is 0.0228. The summed E-state index contributed by atoms with van der Waals surface area (Å²) in [7, 11) is 0. The minimum Gasteiger partial charge on any atom is -0.386 e. The van der Waals surface area contributed by atoms with Crippen molar-refractivity contribution in [3.8, 4) is 22.5 Å². The van der Waals surface area contributed by atoms with E-state index in [4.69, 9.17) is 4.98 Å². The molecular weight excluding hydrogens is 409 g/mol. The highest BCUT2D eigenvalue weighted by Crippen LogP contribution is 2.38. The Hall–Kier alpha value is -3.78. The van der Waals surface area contributed by atoms with Gasteiger partial charge in [0.1, 0.15) is 5.82 Å². The topological polar surface area (TPSA) is 82.8 Å². The molecule has 4 heterocycles. The molecule has 4 aromatic rings. The van der Waals surface area contributed by atoms with Crippen LogP contribution in [0.4, 0.5) is 15.9 Å². The summed E-state index contributed by atoms with van der Waals surface area (Å²) in [5, 5.41) is 13.1. The number of carbonyl (C=O) groups is 1. The van der Waals surface area contributed by atoms with Crippen LogP contribution in [0.1, 0.15) is 12.5 Å². The second-order valence-electron chi connectivity index (χ2n) is 8.71. The molecule has 2 aliphatic heterocycles. The van der Waals surface area contributed by atoms with E-state index in [1.807, 2.05) is 33.7 Å². The zero-order valence-corrected chi connectivity index (χ0v) is 17.3. The first-order chi connectivity index (χ1) is 15.4. The maximum absolute atomic E-state index is 13.6. The first-order valence-electron chi connectivity index (χ1n) is 10.4. The van der Waals surface area contributed by atoms with Crippen LogP contribution in [0.5, 0.6) is 0 Å². The van der Waals surface area contributed by atoms with Gasteiger partial charge >= 0.3 is 0 Å². The highest BCUT2D eigenvalue weighted by Gasteiger charge is 2.38. The predicted octanol–water partition coefficient (Wildman–Crippen LogP) is 3.27. The van der Waals surface area contributed by atoms with E-state index in [1.165, 1.54) is 12.1 Å². The van der Waals surface area contributed by atoms with Gasteiger partial charge in [-0.3, -0.25) is 9.20 Å². The summed E-state index contributed by atoms with van der Waals surface area (Å²) >= 11 is 0. The van der Waals surface area contributed by atoms with Crippen molar-refractivity contribution in [1.29, 1.82) is 0 Å².